The van der Waals surface area contributed by atoms with Crippen molar-refractivity contribution in [3.05, 3.63) is 44.9 Å². The van der Waals surface area contributed by atoms with Crippen molar-refractivity contribution in [1.82, 2.24) is 19.5 Å². The van der Waals surface area contributed by atoms with Crippen molar-refractivity contribution in [3.63, 3.8) is 0 Å². The van der Waals surface area contributed by atoms with Crippen LogP contribution in [0, 0.1) is 6.92 Å². The highest BCUT2D eigenvalue weighted by atomic mass is 35.5. The van der Waals surface area contributed by atoms with Gasteiger partial charge in [0, 0.05) is 23.3 Å². The molecule has 0 fully saturated rings. The van der Waals surface area contributed by atoms with Gasteiger partial charge in [0.25, 0.3) is 0 Å². The summed E-state index contributed by atoms with van der Waals surface area (Å²) in [5, 5.41) is 2.82. The van der Waals surface area contributed by atoms with E-state index in [1.807, 2.05) is 5.38 Å². The van der Waals surface area contributed by atoms with Crippen molar-refractivity contribution in [2.45, 2.75) is 6.92 Å². The van der Waals surface area contributed by atoms with E-state index in [0.717, 1.165) is 5.13 Å². The van der Waals surface area contributed by atoms with Gasteiger partial charge in [0.1, 0.15) is 5.15 Å². The lowest BCUT2D eigenvalue weighted by Crippen LogP contribution is -2.13. The lowest BCUT2D eigenvalue weighted by atomic mass is 10.3. The molecule has 7 heteroatoms. The lowest BCUT2D eigenvalue weighted by Gasteiger charge is -2.07. The second kappa shape index (κ2) is 4.15. The SMILES string of the molecule is Cc1cn(-c2nccs2)c2nc(Cl)cnc2c1=O. The minimum atomic E-state index is -0.137. The minimum Gasteiger partial charge on any atom is -0.287 e. The number of aryl methyl sites for hydroxylation is 1. The number of rotatable bonds is 1. The van der Waals surface area contributed by atoms with Gasteiger partial charge in [0.2, 0.25) is 5.43 Å². The summed E-state index contributed by atoms with van der Waals surface area (Å²) in [5.74, 6) is 0. The summed E-state index contributed by atoms with van der Waals surface area (Å²) < 4.78 is 1.73. The predicted molar refractivity (Wildman–Crippen MR) is 70.6 cm³/mol. The number of nitrogens with zero attached hydrogens (tertiary/aromatic N) is 4. The van der Waals surface area contributed by atoms with E-state index < -0.39 is 0 Å². The quantitative estimate of drug-likeness (QED) is 0.685. The third-order valence-corrected chi connectivity index (χ3v) is 3.43. The Balaban J connectivity index is 2.48. The number of pyridine rings is 1. The molecule has 0 aliphatic rings. The van der Waals surface area contributed by atoms with Crippen LogP contribution in [0.4, 0.5) is 0 Å². The molecule has 0 unspecified atom stereocenters. The molecule has 3 heterocycles. The Labute approximate surface area is 111 Å². The Morgan fingerprint density at radius 2 is 2.22 bits per heavy atom. The number of fused-ring (bicyclic) bond motifs is 1. The van der Waals surface area contributed by atoms with Crippen molar-refractivity contribution in [3.8, 4) is 5.13 Å². The van der Waals surface area contributed by atoms with Crippen LogP contribution in [0.2, 0.25) is 5.15 Å². The maximum Gasteiger partial charge on any atom is 0.212 e. The highest BCUT2D eigenvalue weighted by molar-refractivity contribution is 7.12. The molecule has 18 heavy (non-hydrogen) atoms. The average Bonchev–Trinajstić information content (AvgIpc) is 2.87. The van der Waals surface area contributed by atoms with E-state index in [2.05, 4.69) is 15.0 Å². The highest BCUT2D eigenvalue weighted by Gasteiger charge is 2.12. The van der Waals surface area contributed by atoms with Gasteiger partial charge in [-0.25, -0.2) is 15.0 Å². The fourth-order valence-corrected chi connectivity index (χ4v) is 2.41. The van der Waals surface area contributed by atoms with E-state index in [4.69, 9.17) is 11.6 Å². The second-order valence-corrected chi connectivity index (χ2v) is 4.95. The van der Waals surface area contributed by atoms with Gasteiger partial charge in [-0.2, -0.15) is 0 Å². The molecule has 3 aromatic heterocycles. The third-order valence-electron chi connectivity index (χ3n) is 2.47. The molecule has 0 aliphatic heterocycles. The van der Waals surface area contributed by atoms with Crippen LogP contribution in [-0.4, -0.2) is 19.5 Å². The van der Waals surface area contributed by atoms with E-state index in [0.29, 0.717) is 16.7 Å². The van der Waals surface area contributed by atoms with Crippen molar-refractivity contribution in [1.29, 1.82) is 0 Å². The molecule has 0 N–H and O–H groups in total. The Hall–Kier alpha value is -1.79. The average molecular weight is 279 g/mol. The molecule has 0 spiro atoms. The van der Waals surface area contributed by atoms with Crippen LogP contribution in [0.25, 0.3) is 16.3 Å². The van der Waals surface area contributed by atoms with Crippen molar-refractivity contribution in [2.75, 3.05) is 0 Å². The summed E-state index contributed by atoms with van der Waals surface area (Å²) in [4.78, 5) is 24.4. The van der Waals surface area contributed by atoms with Crippen LogP contribution in [-0.2, 0) is 0 Å². The van der Waals surface area contributed by atoms with Crippen molar-refractivity contribution < 1.29 is 0 Å². The van der Waals surface area contributed by atoms with Gasteiger partial charge < -0.3 is 0 Å². The molecular weight excluding hydrogens is 272 g/mol. The van der Waals surface area contributed by atoms with E-state index in [1.54, 1.807) is 23.9 Å². The molecule has 5 nitrogen and oxygen atoms in total. The largest absolute Gasteiger partial charge is 0.287 e. The molecule has 0 aromatic carbocycles. The van der Waals surface area contributed by atoms with Crippen LogP contribution in [0.15, 0.2) is 28.8 Å². The summed E-state index contributed by atoms with van der Waals surface area (Å²) in [5.41, 5.74) is 1.18. The molecule has 0 bridgehead atoms. The highest BCUT2D eigenvalue weighted by Crippen LogP contribution is 2.17. The van der Waals surface area contributed by atoms with Crippen LogP contribution in [0.3, 0.4) is 0 Å². The van der Waals surface area contributed by atoms with Crippen molar-refractivity contribution >= 4 is 34.1 Å². The second-order valence-electron chi connectivity index (χ2n) is 3.69. The van der Waals surface area contributed by atoms with Gasteiger partial charge in [-0.1, -0.05) is 11.6 Å². The smallest absolute Gasteiger partial charge is 0.212 e. The van der Waals surface area contributed by atoms with E-state index in [-0.39, 0.29) is 10.6 Å². The van der Waals surface area contributed by atoms with E-state index in [1.165, 1.54) is 17.5 Å². The molecule has 0 saturated carbocycles. The Morgan fingerprint density at radius 3 is 2.94 bits per heavy atom. The van der Waals surface area contributed by atoms with Gasteiger partial charge in [-0.15, -0.1) is 11.3 Å². The van der Waals surface area contributed by atoms with Gasteiger partial charge in [-0.3, -0.25) is 9.36 Å². The summed E-state index contributed by atoms with van der Waals surface area (Å²) >= 11 is 7.29. The van der Waals surface area contributed by atoms with Gasteiger partial charge in [-0.05, 0) is 6.92 Å². The van der Waals surface area contributed by atoms with E-state index >= 15 is 0 Å². The summed E-state index contributed by atoms with van der Waals surface area (Å²) in [7, 11) is 0. The molecular formula is C11H7ClN4OS. The topological polar surface area (TPSA) is 60.7 Å². The summed E-state index contributed by atoms with van der Waals surface area (Å²) in [6.45, 7) is 1.74. The third kappa shape index (κ3) is 1.70. The number of halogens is 1. The van der Waals surface area contributed by atoms with Crippen molar-refractivity contribution in [2.24, 2.45) is 0 Å². The zero-order chi connectivity index (χ0) is 12.7. The standard InChI is InChI=1S/C11H7ClN4OS/c1-6-5-16(11-13-2-3-18-11)10-8(9(6)17)14-4-7(12)15-10/h2-5H,1H3. The van der Waals surface area contributed by atoms with Gasteiger partial charge >= 0.3 is 0 Å². The molecule has 0 amide bonds. The fourth-order valence-electron chi connectivity index (χ4n) is 1.67. The maximum absolute atomic E-state index is 12.0. The Morgan fingerprint density at radius 1 is 1.39 bits per heavy atom. The molecule has 3 aromatic rings. The predicted octanol–water partition coefficient (Wildman–Crippen LogP) is 2.20. The summed E-state index contributed by atoms with van der Waals surface area (Å²) in [6, 6.07) is 0. The van der Waals surface area contributed by atoms with Gasteiger partial charge in [0.05, 0.1) is 6.20 Å². The first-order valence-electron chi connectivity index (χ1n) is 5.11. The first kappa shape index (κ1) is 11.3. The summed E-state index contributed by atoms with van der Waals surface area (Å²) in [6.07, 6.45) is 4.77. The zero-order valence-corrected chi connectivity index (χ0v) is 10.9. The molecule has 3 rings (SSSR count). The van der Waals surface area contributed by atoms with Crippen LogP contribution >= 0.6 is 22.9 Å². The van der Waals surface area contributed by atoms with Crippen LogP contribution < -0.4 is 5.43 Å². The number of thiazole rings is 1. The number of hydrogen-bond donors (Lipinski definition) is 0. The minimum absolute atomic E-state index is 0.137. The fraction of sp³-hybridized carbons (Fsp3) is 0.0909. The first-order valence-corrected chi connectivity index (χ1v) is 6.37. The normalized spacial score (nSPS) is 11.0. The maximum atomic E-state index is 12.0. The molecule has 0 atom stereocenters. The zero-order valence-electron chi connectivity index (χ0n) is 9.29. The molecule has 90 valence electrons. The monoisotopic (exact) mass is 278 g/mol. The molecule has 0 saturated heterocycles. The van der Waals surface area contributed by atoms with Gasteiger partial charge in [0.15, 0.2) is 16.3 Å². The van der Waals surface area contributed by atoms with Crippen LogP contribution in [0.5, 0.6) is 0 Å². The molecule has 0 radical (unpaired) electrons. The van der Waals surface area contributed by atoms with Crippen LogP contribution in [0.1, 0.15) is 5.56 Å². The number of hydrogen-bond acceptors (Lipinski definition) is 5. The Kier molecular flexibility index (Phi) is 2.61. The molecule has 0 aliphatic carbocycles. The number of aromatic nitrogens is 4. The first-order chi connectivity index (χ1) is 8.66. The van der Waals surface area contributed by atoms with E-state index in [9.17, 15) is 4.79 Å². The lowest BCUT2D eigenvalue weighted by molar-refractivity contribution is 1.01. The Bertz CT molecular complexity index is 782.